The van der Waals surface area contributed by atoms with E-state index in [0.29, 0.717) is 36.1 Å². The fourth-order valence-corrected chi connectivity index (χ4v) is 5.68. The molecule has 0 bridgehead atoms. The Bertz CT molecular complexity index is 1210. The van der Waals surface area contributed by atoms with E-state index in [-0.39, 0.29) is 62.5 Å². The van der Waals surface area contributed by atoms with Crippen LogP contribution in [0.25, 0.3) is 0 Å². The molecule has 0 spiro atoms. The third-order valence-electron chi connectivity index (χ3n) is 6.07. The zero-order valence-electron chi connectivity index (χ0n) is 18.5. The minimum absolute atomic E-state index is 0.117. The molecule has 2 amide bonds. The Labute approximate surface area is 197 Å². The Balaban J connectivity index is 1.25. The summed E-state index contributed by atoms with van der Waals surface area (Å²) in [7, 11) is -3.75. The quantitative estimate of drug-likeness (QED) is 0.636. The topological polar surface area (TPSA) is 106 Å². The first-order valence-electron chi connectivity index (χ1n) is 11.1. The van der Waals surface area contributed by atoms with Crippen molar-refractivity contribution in [2.45, 2.75) is 11.3 Å². The summed E-state index contributed by atoms with van der Waals surface area (Å²) in [6.07, 6.45) is 0.184. The normalized spacial score (nSPS) is 18.6. The summed E-state index contributed by atoms with van der Waals surface area (Å²) in [4.78, 5) is 28.8. The average Bonchev–Trinajstić information content (AvgIpc) is 3.02. The standard InChI is InChI=1S/C23H25N3O7S/c27-22-7-12-31-19-4-2-1-3-18(19)26(22)16-23(28)24-8-10-25(11-9-24)34(29,30)17-5-6-20-21(15-17)33-14-13-32-20/h1-6,15H,7-14,16H2. The highest BCUT2D eigenvalue weighted by Crippen LogP contribution is 2.34. The molecule has 3 aliphatic heterocycles. The van der Waals surface area contributed by atoms with Gasteiger partial charge >= 0.3 is 0 Å². The van der Waals surface area contributed by atoms with Gasteiger partial charge in [0.2, 0.25) is 21.8 Å². The van der Waals surface area contributed by atoms with E-state index in [1.165, 1.54) is 21.3 Å². The Morgan fingerprint density at radius 1 is 0.853 bits per heavy atom. The molecule has 0 unspecified atom stereocenters. The highest BCUT2D eigenvalue weighted by molar-refractivity contribution is 7.89. The van der Waals surface area contributed by atoms with Crippen LogP contribution in [0.15, 0.2) is 47.4 Å². The molecule has 0 N–H and O–H groups in total. The molecule has 10 nitrogen and oxygen atoms in total. The van der Waals surface area contributed by atoms with E-state index in [2.05, 4.69) is 0 Å². The van der Waals surface area contributed by atoms with E-state index in [1.54, 1.807) is 29.2 Å². The molecule has 11 heteroatoms. The second kappa shape index (κ2) is 9.15. The molecule has 5 rings (SSSR count). The maximum atomic E-state index is 13.1. The van der Waals surface area contributed by atoms with Gasteiger partial charge in [0.25, 0.3) is 0 Å². The number of carbonyl (C=O) groups excluding carboxylic acids is 2. The number of amides is 2. The van der Waals surface area contributed by atoms with E-state index in [1.807, 2.05) is 6.07 Å². The fourth-order valence-electron chi connectivity index (χ4n) is 4.24. The van der Waals surface area contributed by atoms with Gasteiger partial charge in [-0.1, -0.05) is 12.1 Å². The summed E-state index contributed by atoms with van der Waals surface area (Å²) in [6, 6.07) is 11.7. The van der Waals surface area contributed by atoms with Gasteiger partial charge < -0.3 is 19.1 Å². The van der Waals surface area contributed by atoms with Crippen molar-refractivity contribution in [1.29, 1.82) is 0 Å². The molecule has 0 aromatic heterocycles. The van der Waals surface area contributed by atoms with Crippen molar-refractivity contribution in [3.8, 4) is 17.2 Å². The molecule has 1 fully saturated rings. The van der Waals surface area contributed by atoms with E-state index < -0.39 is 10.0 Å². The molecule has 0 atom stereocenters. The largest absolute Gasteiger partial charge is 0.491 e. The van der Waals surface area contributed by atoms with Crippen LogP contribution in [0, 0.1) is 0 Å². The lowest BCUT2D eigenvalue weighted by atomic mass is 10.2. The van der Waals surface area contributed by atoms with Crippen molar-refractivity contribution in [2.75, 3.05) is 57.4 Å². The molecule has 0 radical (unpaired) electrons. The number of nitrogens with zero attached hydrogens (tertiary/aromatic N) is 3. The monoisotopic (exact) mass is 487 g/mol. The van der Waals surface area contributed by atoms with Crippen molar-refractivity contribution in [2.24, 2.45) is 0 Å². The third-order valence-corrected chi connectivity index (χ3v) is 7.96. The number of carbonyl (C=O) groups is 2. The number of piperazine rings is 1. The number of ether oxygens (including phenoxy) is 3. The second-order valence-electron chi connectivity index (χ2n) is 8.14. The first-order valence-corrected chi connectivity index (χ1v) is 12.6. The molecule has 180 valence electrons. The number of fused-ring (bicyclic) bond motifs is 2. The number of benzene rings is 2. The Kier molecular flexibility index (Phi) is 6.05. The highest BCUT2D eigenvalue weighted by atomic mass is 32.2. The third kappa shape index (κ3) is 4.28. The van der Waals surface area contributed by atoms with Gasteiger partial charge in [0.05, 0.1) is 23.6 Å². The number of hydrogen-bond donors (Lipinski definition) is 0. The van der Waals surface area contributed by atoms with Crippen molar-refractivity contribution >= 4 is 27.5 Å². The predicted molar refractivity (Wildman–Crippen MR) is 122 cm³/mol. The minimum atomic E-state index is -3.75. The lowest BCUT2D eigenvalue weighted by molar-refractivity contribution is -0.132. The predicted octanol–water partition coefficient (Wildman–Crippen LogP) is 1.11. The molecule has 2 aromatic rings. The number of sulfonamides is 1. The first kappa shape index (κ1) is 22.5. The summed E-state index contributed by atoms with van der Waals surface area (Å²) >= 11 is 0. The van der Waals surface area contributed by atoms with Crippen molar-refractivity contribution < 1.29 is 32.2 Å². The maximum absolute atomic E-state index is 13.1. The highest BCUT2D eigenvalue weighted by Gasteiger charge is 2.33. The zero-order chi connectivity index (χ0) is 23.7. The number of rotatable bonds is 4. The van der Waals surface area contributed by atoms with Crippen LogP contribution < -0.4 is 19.1 Å². The van der Waals surface area contributed by atoms with Crippen LogP contribution in [-0.2, 0) is 19.6 Å². The van der Waals surface area contributed by atoms with E-state index in [0.717, 1.165) is 0 Å². The summed E-state index contributed by atoms with van der Waals surface area (Å²) < 4.78 is 44.3. The molecule has 0 saturated carbocycles. The van der Waals surface area contributed by atoms with Crippen molar-refractivity contribution in [1.82, 2.24) is 9.21 Å². The average molecular weight is 488 g/mol. The van der Waals surface area contributed by atoms with Gasteiger partial charge in [0, 0.05) is 32.2 Å². The van der Waals surface area contributed by atoms with Gasteiger partial charge in [-0.15, -0.1) is 0 Å². The minimum Gasteiger partial charge on any atom is -0.491 e. The Morgan fingerprint density at radius 2 is 1.56 bits per heavy atom. The lowest BCUT2D eigenvalue weighted by Crippen LogP contribution is -2.53. The summed E-state index contributed by atoms with van der Waals surface area (Å²) in [5.41, 5.74) is 0.568. The zero-order valence-corrected chi connectivity index (χ0v) is 19.3. The molecular formula is C23H25N3O7S. The van der Waals surface area contributed by atoms with Gasteiger partial charge in [0.1, 0.15) is 25.5 Å². The maximum Gasteiger partial charge on any atom is 0.243 e. The summed E-state index contributed by atoms with van der Waals surface area (Å²) in [6.45, 7) is 1.74. The molecule has 3 heterocycles. The molecule has 0 aliphatic carbocycles. The molecule has 34 heavy (non-hydrogen) atoms. The van der Waals surface area contributed by atoms with E-state index >= 15 is 0 Å². The lowest BCUT2D eigenvalue weighted by Gasteiger charge is -2.35. The van der Waals surface area contributed by atoms with Crippen LogP contribution in [0.1, 0.15) is 6.42 Å². The molecule has 3 aliphatic rings. The van der Waals surface area contributed by atoms with Crippen LogP contribution in [0.3, 0.4) is 0 Å². The SMILES string of the molecule is O=C(CN1C(=O)CCOc2ccccc21)N1CCN(S(=O)(=O)c2ccc3c(c2)OCCO3)CC1. The Hall–Kier alpha value is -3.31. The van der Waals surface area contributed by atoms with Crippen LogP contribution in [-0.4, -0.2) is 82.0 Å². The molecular weight excluding hydrogens is 462 g/mol. The Morgan fingerprint density at radius 3 is 2.35 bits per heavy atom. The van der Waals surface area contributed by atoms with Gasteiger partial charge in [-0.25, -0.2) is 8.42 Å². The van der Waals surface area contributed by atoms with E-state index in [9.17, 15) is 18.0 Å². The summed E-state index contributed by atoms with van der Waals surface area (Å²) in [5, 5.41) is 0. The van der Waals surface area contributed by atoms with Crippen LogP contribution >= 0.6 is 0 Å². The second-order valence-corrected chi connectivity index (χ2v) is 10.1. The fraction of sp³-hybridized carbons (Fsp3) is 0.391. The number of hydrogen-bond acceptors (Lipinski definition) is 7. The molecule has 1 saturated heterocycles. The summed E-state index contributed by atoms with van der Waals surface area (Å²) in [5.74, 6) is 1.08. The van der Waals surface area contributed by atoms with Gasteiger partial charge in [-0.2, -0.15) is 4.31 Å². The van der Waals surface area contributed by atoms with Crippen LogP contribution in [0.5, 0.6) is 17.2 Å². The van der Waals surface area contributed by atoms with E-state index in [4.69, 9.17) is 14.2 Å². The first-order chi connectivity index (χ1) is 16.4. The smallest absolute Gasteiger partial charge is 0.243 e. The van der Waals surface area contributed by atoms with Gasteiger partial charge in [-0.3, -0.25) is 14.5 Å². The molecule has 2 aromatic carbocycles. The van der Waals surface area contributed by atoms with Gasteiger partial charge in [0.15, 0.2) is 11.5 Å². The van der Waals surface area contributed by atoms with Gasteiger partial charge in [-0.05, 0) is 24.3 Å². The van der Waals surface area contributed by atoms with Crippen molar-refractivity contribution in [3.05, 3.63) is 42.5 Å². The number of para-hydroxylation sites is 2. The number of anilines is 1. The van der Waals surface area contributed by atoms with Crippen molar-refractivity contribution in [3.63, 3.8) is 0 Å². The van der Waals surface area contributed by atoms with Crippen LogP contribution in [0.2, 0.25) is 0 Å². The van der Waals surface area contributed by atoms with Crippen LogP contribution in [0.4, 0.5) is 5.69 Å².